The van der Waals surface area contributed by atoms with Crippen molar-refractivity contribution in [2.45, 2.75) is 19.9 Å². The van der Waals surface area contributed by atoms with Gasteiger partial charge in [-0.3, -0.25) is 4.79 Å². The van der Waals surface area contributed by atoms with Gasteiger partial charge in [0, 0.05) is 12.5 Å². The van der Waals surface area contributed by atoms with Crippen molar-refractivity contribution < 1.29 is 9.90 Å². The van der Waals surface area contributed by atoms with Crippen molar-refractivity contribution in [1.82, 2.24) is 5.32 Å². The number of phenols is 1. The first kappa shape index (κ1) is 9.58. The second-order valence-electron chi connectivity index (χ2n) is 2.98. The molecule has 0 saturated carbocycles. The van der Waals surface area contributed by atoms with E-state index < -0.39 is 0 Å². The van der Waals surface area contributed by atoms with E-state index in [1.807, 2.05) is 13.0 Å². The van der Waals surface area contributed by atoms with Crippen LogP contribution in [-0.4, -0.2) is 11.0 Å². The van der Waals surface area contributed by atoms with Crippen LogP contribution in [0.25, 0.3) is 0 Å². The van der Waals surface area contributed by atoms with E-state index in [1.54, 1.807) is 18.2 Å². The second-order valence-corrected chi connectivity index (χ2v) is 2.98. The van der Waals surface area contributed by atoms with Gasteiger partial charge in [0.2, 0.25) is 5.91 Å². The van der Waals surface area contributed by atoms with E-state index in [1.165, 1.54) is 6.92 Å². The minimum atomic E-state index is -0.154. The van der Waals surface area contributed by atoms with Crippen LogP contribution in [-0.2, 0) is 4.79 Å². The van der Waals surface area contributed by atoms with E-state index in [4.69, 9.17) is 0 Å². The average molecular weight is 179 g/mol. The van der Waals surface area contributed by atoms with Gasteiger partial charge < -0.3 is 10.4 Å². The Hall–Kier alpha value is -1.51. The van der Waals surface area contributed by atoms with Gasteiger partial charge in [0.1, 0.15) is 5.75 Å². The number of aromatic hydroxyl groups is 1. The van der Waals surface area contributed by atoms with Crippen LogP contribution in [0, 0.1) is 0 Å². The summed E-state index contributed by atoms with van der Waals surface area (Å²) in [5.41, 5.74) is 0.734. The van der Waals surface area contributed by atoms with Crippen molar-refractivity contribution in [3.63, 3.8) is 0 Å². The molecule has 0 fully saturated rings. The van der Waals surface area contributed by atoms with Crippen LogP contribution >= 0.6 is 0 Å². The summed E-state index contributed by atoms with van der Waals surface area (Å²) in [5, 5.41) is 12.1. The van der Waals surface area contributed by atoms with Crippen molar-refractivity contribution >= 4 is 5.91 Å². The molecular weight excluding hydrogens is 166 g/mol. The molecule has 0 aliphatic heterocycles. The third-order valence-corrected chi connectivity index (χ3v) is 1.82. The van der Waals surface area contributed by atoms with Gasteiger partial charge in [-0.2, -0.15) is 0 Å². The molecule has 0 aliphatic carbocycles. The third-order valence-electron chi connectivity index (χ3n) is 1.82. The lowest BCUT2D eigenvalue weighted by molar-refractivity contribution is -0.119. The molecule has 0 aliphatic rings. The molecule has 3 heteroatoms. The maximum absolute atomic E-state index is 10.7. The van der Waals surface area contributed by atoms with Crippen molar-refractivity contribution in [3.05, 3.63) is 29.8 Å². The lowest BCUT2D eigenvalue weighted by atomic mass is 10.1. The van der Waals surface area contributed by atoms with E-state index in [9.17, 15) is 9.90 Å². The lowest BCUT2D eigenvalue weighted by Gasteiger charge is -2.13. The Morgan fingerprint density at radius 1 is 1.46 bits per heavy atom. The van der Waals surface area contributed by atoms with Gasteiger partial charge >= 0.3 is 0 Å². The van der Waals surface area contributed by atoms with Crippen molar-refractivity contribution in [2.24, 2.45) is 0 Å². The number of amides is 1. The highest BCUT2D eigenvalue weighted by Crippen LogP contribution is 2.22. The molecule has 3 nitrogen and oxygen atoms in total. The number of nitrogens with one attached hydrogen (secondary N) is 1. The summed E-state index contributed by atoms with van der Waals surface area (Å²) in [5.74, 6) is 0.111. The van der Waals surface area contributed by atoms with Crippen LogP contribution < -0.4 is 5.32 Å². The Labute approximate surface area is 77.4 Å². The van der Waals surface area contributed by atoms with E-state index in [0.717, 1.165) is 5.56 Å². The van der Waals surface area contributed by atoms with E-state index in [0.29, 0.717) is 0 Å². The highest BCUT2D eigenvalue weighted by atomic mass is 16.3. The number of carbonyl (C=O) groups is 1. The standard InChI is InChI=1S/C10H13NO2/c1-7(11-8(2)12)9-5-3-4-6-10(9)13/h3-7,13H,1-2H3,(H,11,12). The van der Waals surface area contributed by atoms with E-state index in [-0.39, 0.29) is 17.7 Å². The van der Waals surface area contributed by atoms with E-state index in [2.05, 4.69) is 5.32 Å². The minimum Gasteiger partial charge on any atom is -0.508 e. The molecule has 1 atom stereocenters. The second kappa shape index (κ2) is 3.94. The summed E-state index contributed by atoms with van der Waals surface area (Å²) in [7, 11) is 0. The molecule has 1 rings (SSSR count). The number of para-hydroxylation sites is 1. The summed E-state index contributed by atoms with van der Waals surface area (Å²) >= 11 is 0. The number of hydrogen-bond acceptors (Lipinski definition) is 2. The molecule has 0 spiro atoms. The number of rotatable bonds is 2. The predicted molar refractivity (Wildman–Crippen MR) is 50.3 cm³/mol. The Morgan fingerprint density at radius 2 is 2.08 bits per heavy atom. The molecular formula is C10H13NO2. The Balaban J connectivity index is 2.82. The molecule has 2 N–H and O–H groups in total. The molecule has 0 radical (unpaired) electrons. The predicted octanol–water partition coefficient (Wildman–Crippen LogP) is 1.59. The Bertz CT molecular complexity index is 310. The number of phenolic OH excluding ortho intramolecular Hbond substituents is 1. The van der Waals surface area contributed by atoms with Crippen molar-refractivity contribution in [2.75, 3.05) is 0 Å². The van der Waals surface area contributed by atoms with Gasteiger partial charge in [-0.15, -0.1) is 0 Å². The van der Waals surface area contributed by atoms with Gasteiger partial charge in [0.25, 0.3) is 0 Å². The Kier molecular flexibility index (Phi) is 2.90. The van der Waals surface area contributed by atoms with Gasteiger partial charge in [0.05, 0.1) is 6.04 Å². The molecule has 0 bridgehead atoms. The molecule has 13 heavy (non-hydrogen) atoms. The molecule has 1 unspecified atom stereocenters. The lowest BCUT2D eigenvalue weighted by Crippen LogP contribution is -2.23. The quantitative estimate of drug-likeness (QED) is 0.724. The fourth-order valence-electron chi connectivity index (χ4n) is 1.24. The minimum absolute atomic E-state index is 0.101. The van der Waals surface area contributed by atoms with Crippen molar-refractivity contribution in [1.29, 1.82) is 0 Å². The zero-order valence-corrected chi connectivity index (χ0v) is 7.74. The zero-order valence-electron chi connectivity index (χ0n) is 7.74. The molecule has 0 aromatic heterocycles. The molecule has 1 aromatic rings. The van der Waals surface area contributed by atoms with Crippen LogP contribution in [0.3, 0.4) is 0 Å². The first-order chi connectivity index (χ1) is 6.11. The summed E-state index contributed by atoms with van der Waals surface area (Å²) in [4.78, 5) is 10.7. The molecule has 0 heterocycles. The molecule has 1 amide bonds. The monoisotopic (exact) mass is 179 g/mol. The van der Waals surface area contributed by atoms with Gasteiger partial charge in [-0.1, -0.05) is 18.2 Å². The van der Waals surface area contributed by atoms with Gasteiger partial charge in [-0.05, 0) is 13.0 Å². The summed E-state index contributed by atoms with van der Waals surface area (Å²) in [6.45, 7) is 3.28. The fourth-order valence-corrected chi connectivity index (χ4v) is 1.24. The van der Waals surface area contributed by atoms with Crippen LogP contribution in [0.1, 0.15) is 25.5 Å². The van der Waals surface area contributed by atoms with Gasteiger partial charge in [0.15, 0.2) is 0 Å². The van der Waals surface area contributed by atoms with Crippen LogP contribution in [0.2, 0.25) is 0 Å². The largest absolute Gasteiger partial charge is 0.508 e. The number of benzene rings is 1. The normalized spacial score (nSPS) is 12.2. The summed E-state index contributed by atoms with van der Waals surface area (Å²) < 4.78 is 0. The van der Waals surface area contributed by atoms with Crippen molar-refractivity contribution in [3.8, 4) is 5.75 Å². The first-order valence-corrected chi connectivity index (χ1v) is 4.16. The fraction of sp³-hybridized carbons (Fsp3) is 0.300. The summed E-state index contributed by atoms with van der Waals surface area (Å²) in [6, 6.07) is 6.81. The molecule has 1 aromatic carbocycles. The zero-order chi connectivity index (χ0) is 9.84. The van der Waals surface area contributed by atoms with Crippen LogP contribution in [0.15, 0.2) is 24.3 Å². The third kappa shape index (κ3) is 2.47. The molecule has 0 saturated heterocycles. The van der Waals surface area contributed by atoms with Crippen LogP contribution in [0.5, 0.6) is 5.75 Å². The SMILES string of the molecule is CC(=O)NC(C)c1ccccc1O. The molecule has 70 valence electrons. The number of hydrogen-bond donors (Lipinski definition) is 2. The smallest absolute Gasteiger partial charge is 0.217 e. The number of carbonyl (C=O) groups excluding carboxylic acids is 1. The maximum atomic E-state index is 10.7. The highest BCUT2D eigenvalue weighted by molar-refractivity contribution is 5.73. The Morgan fingerprint density at radius 3 is 2.62 bits per heavy atom. The van der Waals surface area contributed by atoms with Crippen LogP contribution in [0.4, 0.5) is 0 Å². The highest BCUT2D eigenvalue weighted by Gasteiger charge is 2.09. The van der Waals surface area contributed by atoms with E-state index >= 15 is 0 Å². The van der Waals surface area contributed by atoms with Gasteiger partial charge in [-0.25, -0.2) is 0 Å². The maximum Gasteiger partial charge on any atom is 0.217 e. The summed E-state index contributed by atoms with van der Waals surface area (Å²) in [6.07, 6.45) is 0. The average Bonchev–Trinajstić information content (AvgIpc) is 2.03. The topological polar surface area (TPSA) is 49.3 Å². The first-order valence-electron chi connectivity index (χ1n) is 4.16.